The Balaban J connectivity index is 1.35. The first kappa shape index (κ1) is 17.2. The highest BCUT2D eigenvalue weighted by Crippen LogP contribution is 2.30. The molecule has 0 aliphatic carbocycles. The highest BCUT2D eigenvalue weighted by Gasteiger charge is 2.24. The molecule has 0 saturated carbocycles. The van der Waals surface area contributed by atoms with Gasteiger partial charge in [-0.05, 0) is 42.1 Å². The van der Waals surface area contributed by atoms with Crippen molar-refractivity contribution in [2.24, 2.45) is 0 Å². The summed E-state index contributed by atoms with van der Waals surface area (Å²) in [6.07, 6.45) is -0.0556. The molecule has 1 atom stereocenters. The van der Waals surface area contributed by atoms with E-state index in [0.29, 0.717) is 37.2 Å². The van der Waals surface area contributed by atoms with Crippen LogP contribution in [-0.2, 0) is 17.9 Å². The summed E-state index contributed by atoms with van der Waals surface area (Å²) >= 11 is 1.60. The van der Waals surface area contributed by atoms with Crippen molar-refractivity contribution >= 4 is 11.3 Å². The molecule has 0 radical (unpaired) electrons. The summed E-state index contributed by atoms with van der Waals surface area (Å²) in [5.74, 6) is 1.85. The van der Waals surface area contributed by atoms with Gasteiger partial charge in [-0.3, -0.25) is 4.68 Å². The predicted molar refractivity (Wildman–Crippen MR) is 104 cm³/mol. The molecular formula is C20H18N4O3S. The number of rotatable bonds is 5. The van der Waals surface area contributed by atoms with Gasteiger partial charge in [-0.2, -0.15) is 21.4 Å². The zero-order valence-corrected chi connectivity index (χ0v) is 16.1. The second-order valence-corrected chi connectivity index (χ2v) is 7.22. The lowest BCUT2D eigenvalue weighted by Crippen LogP contribution is -2.21. The van der Waals surface area contributed by atoms with Gasteiger partial charge in [-0.1, -0.05) is 17.3 Å². The van der Waals surface area contributed by atoms with Crippen LogP contribution >= 0.6 is 11.3 Å². The Morgan fingerprint density at radius 1 is 1.25 bits per heavy atom. The summed E-state index contributed by atoms with van der Waals surface area (Å²) in [6, 6.07) is 11.9. The standard InChI is InChI=1S/C20H18N4O3S/c1-2-25-16-5-3-13(4-6-16)18-10-24-15(11-26-18)9-17(22-24)20-21-19(23-27-20)14-7-8-28-12-14/h3-9,12,18H,2,10-11H2,1H3/t18-/m1/s1. The smallest absolute Gasteiger partial charge is 0.278 e. The predicted octanol–water partition coefficient (Wildman–Crippen LogP) is 4.33. The van der Waals surface area contributed by atoms with Crippen LogP contribution in [0.15, 0.2) is 51.7 Å². The first-order chi connectivity index (χ1) is 13.8. The van der Waals surface area contributed by atoms with Gasteiger partial charge in [0, 0.05) is 10.9 Å². The minimum Gasteiger partial charge on any atom is -0.494 e. The Morgan fingerprint density at radius 2 is 2.14 bits per heavy atom. The van der Waals surface area contributed by atoms with Gasteiger partial charge in [-0.15, -0.1) is 0 Å². The van der Waals surface area contributed by atoms with E-state index in [1.165, 1.54) is 0 Å². The van der Waals surface area contributed by atoms with Crippen LogP contribution in [-0.4, -0.2) is 26.5 Å². The van der Waals surface area contributed by atoms with Gasteiger partial charge >= 0.3 is 0 Å². The fourth-order valence-electron chi connectivity index (χ4n) is 3.21. The van der Waals surface area contributed by atoms with Crippen molar-refractivity contribution in [2.45, 2.75) is 26.2 Å². The maximum Gasteiger partial charge on any atom is 0.278 e. The molecule has 1 aliphatic heterocycles. The molecule has 0 saturated heterocycles. The molecule has 4 aromatic rings. The van der Waals surface area contributed by atoms with E-state index in [2.05, 4.69) is 15.2 Å². The number of hydrogen-bond donors (Lipinski definition) is 0. The number of fused-ring (bicyclic) bond motifs is 1. The SMILES string of the molecule is CCOc1ccc([C@H]2Cn3nc(-c4nc(-c5ccsc5)no4)cc3CO2)cc1. The summed E-state index contributed by atoms with van der Waals surface area (Å²) in [6.45, 7) is 3.75. The van der Waals surface area contributed by atoms with Gasteiger partial charge in [0.2, 0.25) is 5.82 Å². The summed E-state index contributed by atoms with van der Waals surface area (Å²) in [5, 5.41) is 12.7. The fraction of sp³-hybridized carbons (Fsp3) is 0.250. The zero-order valence-electron chi connectivity index (χ0n) is 15.2. The van der Waals surface area contributed by atoms with Crippen LogP contribution in [0.2, 0.25) is 0 Å². The molecule has 142 valence electrons. The highest BCUT2D eigenvalue weighted by atomic mass is 32.1. The van der Waals surface area contributed by atoms with Gasteiger partial charge in [0.05, 0.1) is 25.5 Å². The molecule has 28 heavy (non-hydrogen) atoms. The first-order valence-electron chi connectivity index (χ1n) is 9.08. The highest BCUT2D eigenvalue weighted by molar-refractivity contribution is 7.08. The van der Waals surface area contributed by atoms with Crippen molar-refractivity contribution in [3.8, 4) is 28.7 Å². The van der Waals surface area contributed by atoms with Crippen molar-refractivity contribution in [1.82, 2.24) is 19.9 Å². The van der Waals surface area contributed by atoms with Gasteiger partial charge in [-0.25, -0.2) is 0 Å². The molecular weight excluding hydrogens is 376 g/mol. The lowest BCUT2D eigenvalue weighted by Gasteiger charge is -2.24. The average molecular weight is 394 g/mol. The van der Waals surface area contributed by atoms with Crippen molar-refractivity contribution in [1.29, 1.82) is 0 Å². The van der Waals surface area contributed by atoms with E-state index in [1.54, 1.807) is 11.3 Å². The largest absolute Gasteiger partial charge is 0.494 e. The summed E-state index contributed by atoms with van der Waals surface area (Å²) < 4.78 is 18.9. The molecule has 0 spiro atoms. The molecule has 0 N–H and O–H groups in total. The van der Waals surface area contributed by atoms with Crippen molar-refractivity contribution in [3.05, 3.63) is 58.4 Å². The summed E-state index contributed by atoms with van der Waals surface area (Å²) in [4.78, 5) is 4.47. The second kappa shape index (κ2) is 7.21. The third kappa shape index (κ3) is 3.21. The van der Waals surface area contributed by atoms with Crippen LogP contribution in [0.3, 0.4) is 0 Å². The monoisotopic (exact) mass is 394 g/mol. The number of thiophene rings is 1. The Bertz CT molecular complexity index is 1070. The Labute approximate surface area is 165 Å². The number of nitrogens with zero attached hydrogens (tertiary/aromatic N) is 4. The van der Waals surface area contributed by atoms with Gasteiger partial charge in [0.1, 0.15) is 11.9 Å². The van der Waals surface area contributed by atoms with Crippen LogP contribution < -0.4 is 4.74 Å². The topological polar surface area (TPSA) is 75.2 Å². The van der Waals surface area contributed by atoms with E-state index in [1.807, 2.05) is 58.8 Å². The Morgan fingerprint density at radius 3 is 2.93 bits per heavy atom. The van der Waals surface area contributed by atoms with Crippen LogP contribution in [0, 0.1) is 0 Å². The van der Waals surface area contributed by atoms with E-state index in [-0.39, 0.29) is 6.10 Å². The van der Waals surface area contributed by atoms with Crippen LogP contribution in [0.5, 0.6) is 5.75 Å². The summed E-state index contributed by atoms with van der Waals surface area (Å²) in [5.41, 5.74) is 3.71. The Hall–Kier alpha value is -2.97. The normalized spacial score (nSPS) is 16.1. The minimum atomic E-state index is -0.0556. The van der Waals surface area contributed by atoms with Gasteiger partial charge < -0.3 is 14.0 Å². The number of benzene rings is 1. The van der Waals surface area contributed by atoms with Crippen molar-refractivity contribution in [3.63, 3.8) is 0 Å². The molecule has 1 aromatic carbocycles. The molecule has 0 amide bonds. The van der Waals surface area contributed by atoms with Gasteiger partial charge in [0.25, 0.3) is 5.89 Å². The van der Waals surface area contributed by atoms with E-state index in [4.69, 9.17) is 14.0 Å². The molecule has 1 aliphatic rings. The third-order valence-electron chi connectivity index (χ3n) is 4.62. The van der Waals surface area contributed by atoms with E-state index >= 15 is 0 Å². The van der Waals surface area contributed by atoms with Crippen LogP contribution in [0.4, 0.5) is 0 Å². The lowest BCUT2D eigenvalue weighted by molar-refractivity contribution is -0.00115. The lowest BCUT2D eigenvalue weighted by atomic mass is 10.1. The quantitative estimate of drug-likeness (QED) is 0.501. The zero-order chi connectivity index (χ0) is 18.9. The first-order valence-corrected chi connectivity index (χ1v) is 10.0. The maximum absolute atomic E-state index is 6.04. The van der Waals surface area contributed by atoms with Crippen molar-refractivity contribution < 1.29 is 14.0 Å². The maximum atomic E-state index is 6.04. The second-order valence-electron chi connectivity index (χ2n) is 6.44. The van der Waals surface area contributed by atoms with Gasteiger partial charge in [0.15, 0.2) is 5.69 Å². The molecule has 4 heterocycles. The van der Waals surface area contributed by atoms with Crippen LogP contribution in [0.25, 0.3) is 23.0 Å². The van der Waals surface area contributed by atoms with E-state index in [9.17, 15) is 0 Å². The third-order valence-corrected chi connectivity index (χ3v) is 5.31. The minimum absolute atomic E-state index is 0.0556. The molecule has 7 nitrogen and oxygen atoms in total. The molecule has 0 bridgehead atoms. The fourth-order valence-corrected chi connectivity index (χ4v) is 3.85. The summed E-state index contributed by atoms with van der Waals surface area (Å²) in [7, 11) is 0. The molecule has 3 aromatic heterocycles. The Kier molecular flexibility index (Phi) is 4.42. The average Bonchev–Trinajstić information content (AvgIpc) is 3.47. The molecule has 8 heteroatoms. The van der Waals surface area contributed by atoms with E-state index in [0.717, 1.165) is 22.6 Å². The molecule has 0 unspecified atom stereocenters. The van der Waals surface area contributed by atoms with Crippen molar-refractivity contribution in [2.75, 3.05) is 6.61 Å². The van der Waals surface area contributed by atoms with E-state index < -0.39 is 0 Å². The van der Waals surface area contributed by atoms with Crippen LogP contribution in [0.1, 0.15) is 24.3 Å². The number of hydrogen-bond acceptors (Lipinski definition) is 7. The molecule has 5 rings (SSSR count). The number of ether oxygens (including phenoxy) is 2. The number of aromatic nitrogens is 4. The molecule has 0 fully saturated rings.